The molecule has 0 aliphatic heterocycles. The Morgan fingerprint density at radius 2 is 1.95 bits per heavy atom. The normalized spacial score (nSPS) is 12.6. The Labute approximate surface area is 115 Å². The standard InChI is InChI=1S/C17H23NO/c1-5-8-18-17(15-10-14(4)19-11-15)16-9-12(2)6-7-13(16)3/h6-7,9-11,17-18H,5,8H2,1-4H3. The molecule has 0 radical (unpaired) electrons. The maximum absolute atomic E-state index is 5.48. The molecule has 0 bridgehead atoms. The van der Waals surface area contributed by atoms with Gasteiger partial charge in [0.2, 0.25) is 0 Å². The lowest BCUT2D eigenvalue weighted by atomic mass is 9.95. The van der Waals surface area contributed by atoms with Gasteiger partial charge in [-0.15, -0.1) is 0 Å². The summed E-state index contributed by atoms with van der Waals surface area (Å²) in [6.45, 7) is 9.49. The highest BCUT2D eigenvalue weighted by atomic mass is 16.3. The number of hydrogen-bond donors (Lipinski definition) is 1. The Morgan fingerprint density at radius 1 is 1.16 bits per heavy atom. The van der Waals surface area contributed by atoms with E-state index in [4.69, 9.17) is 4.42 Å². The molecule has 102 valence electrons. The number of hydrogen-bond acceptors (Lipinski definition) is 2. The van der Waals surface area contributed by atoms with Gasteiger partial charge >= 0.3 is 0 Å². The number of aryl methyl sites for hydroxylation is 3. The third kappa shape index (κ3) is 3.27. The molecule has 2 rings (SSSR count). The average molecular weight is 257 g/mol. The van der Waals surface area contributed by atoms with Crippen LogP contribution in [0.1, 0.15) is 47.4 Å². The molecule has 0 fully saturated rings. The van der Waals surface area contributed by atoms with Crippen LogP contribution in [0.2, 0.25) is 0 Å². The predicted octanol–water partition coefficient (Wildman–Crippen LogP) is 4.29. The average Bonchev–Trinajstić information content (AvgIpc) is 2.80. The summed E-state index contributed by atoms with van der Waals surface area (Å²) in [5.41, 5.74) is 5.16. The van der Waals surface area contributed by atoms with Crippen LogP contribution in [0, 0.1) is 20.8 Å². The molecular formula is C17H23NO. The Hall–Kier alpha value is -1.54. The maximum Gasteiger partial charge on any atom is 0.101 e. The number of nitrogens with one attached hydrogen (secondary N) is 1. The molecule has 1 N–H and O–H groups in total. The van der Waals surface area contributed by atoms with Gasteiger partial charge in [0.1, 0.15) is 5.76 Å². The molecule has 1 atom stereocenters. The van der Waals surface area contributed by atoms with Gasteiger partial charge in [-0.3, -0.25) is 0 Å². The Bertz CT molecular complexity index is 542. The number of benzene rings is 1. The zero-order chi connectivity index (χ0) is 13.8. The molecule has 0 spiro atoms. The minimum absolute atomic E-state index is 0.220. The molecular weight excluding hydrogens is 234 g/mol. The summed E-state index contributed by atoms with van der Waals surface area (Å²) in [7, 11) is 0. The van der Waals surface area contributed by atoms with Gasteiger partial charge in [0.25, 0.3) is 0 Å². The van der Waals surface area contributed by atoms with Crippen molar-refractivity contribution < 1.29 is 4.42 Å². The second kappa shape index (κ2) is 6.07. The van der Waals surface area contributed by atoms with E-state index in [1.807, 2.05) is 13.2 Å². The van der Waals surface area contributed by atoms with Crippen molar-refractivity contribution in [1.29, 1.82) is 0 Å². The van der Waals surface area contributed by atoms with E-state index >= 15 is 0 Å². The van der Waals surface area contributed by atoms with Crippen molar-refractivity contribution in [2.45, 2.75) is 40.2 Å². The van der Waals surface area contributed by atoms with Gasteiger partial charge in [0, 0.05) is 5.56 Å². The van der Waals surface area contributed by atoms with Crippen LogP contribution in [0.15, 0.2) is 34.9 Å². The van der Waals surface area contributed by atoms with Crippen molar-refractivity contribution in [2.75, 3.05) is 6.54 Å². The largest absolute Gasteiger partial charge is 0.469 e. The third-order valence-corrected chi connectivity index (χ3v) is 3.43. The van der Waals surface area contributed by atoms with Gasteiger partial charge in [-0.25, -0.2) is 0 Å². The highest BCUT2D eigenvalue weighted by Crippen LogP contribution is 2.27. The maximum atomic E-state index is 5.48. The fourth-order valence-electron chi connectivity index (χ4n) is 2.38. The first-order valence-electron chi connectivity index (χ1n) is 6.97. The van der Waals surface area contributed by atoms with E-state index in [2.05, 4.69) is 50.4 Å². The van der Waals surface area contributed by atoms with E-state index in [0.29, 0.717) is 0 Å². The van der Waals surface area contributed by atoms with Crippen LogP contribution in [0.3, 0.4) is 0 Å². The van der Waals surface area contributed by atoms with E-state index in [0.717, 1.165) is 18.7 Å². The minimum atomic E-state index is 0.220. The van der Waals surface area contributed by atoms with E-state index in [-0.39, 0.29) is 6.04 Å². The van der Waals surface area contributed by atoms with Crippen molar-refractivity contribution in [2.24, 2.45) is 0 Å². The van der Waals surface area contributed by atoms with E-state index in [9.17, 15) is 0 Å². The summed E-state index contributed by atoms with van der Waals surface area (Å²) < 4.78 is 5.48. The Balaban J connectivity index is 2.39. The fraction of sp³-hybridized carbons (Fsp3) is 0.412. The molecule has 0 saturated heterocycles. The molecule has 0 saturated carbocycles. The minimum Gasteiger partial charge on any atom is -0.469 e. The van der Waals surface area contributed by atoms with Crippen LogP contribution in [0.4, 0.5) is 0 Å². The van der Waals surface area contributed by atoms with Crippen molar-refractivity contribution in [1.82, 2.24) is 5.32 Å². The lowest BCUT2D eigenvalue weighted by molar-refractivity contribution is 0.523. The molecule has 2 nitrogen and oxygen atoms in total. The summed E-state index contributed by atoms with van der Waals surface area (Å²) in [6, 6.07) is 8.96. The molecule has 1 aromatic heterocycles. The van der Waals surface area contributed by atoms with Gasteiger partial charge in [-0.1, -0.05) is 30.7 Å². The lowest BCUT2D eigenvalue weighted by Gasteiger charge is -2.20. The SMILES string of the molecule is CCCNC(c1coc(C)c1)c1cc(C)ccc1C. The molecule has 2 heteroatoms. The van der Waals surface area contributed by atoms with Gasteiger partial charge in [0.05, 0.1) is 12.3 Å². The first-order valence-corrected chi connectivity index (χ1v) is 6.97. The van der Waals surface area contributed by atoms with Gasteiger partial charge in [-0.05, 0) is 50.9 Å². The smallest absolute Gasteiger partial charge is 0.101 e. The van der Waals surface area contributed by atoms with Crippen molar-refractivity contribution in [3.8, 4) is 0 Å². The molecule has 1 unspecified atom stereocenters. The van der Waals surface area contributed by atoms with E-state index in [1.165, 1.54) is 22.3 Å². The van der Waals surface area contributed by atoms with Gasteiger partial charge in [0.15, 0.2) is 0 Å². The highest BCUT2D eigenvalue weighted by Gasteiger charge is 2.17. The first-order chi connectivity index (χ1) is 9.11. The Kier molecular flexibility index (Phi) is 4.43. The Morgan fingerprint density at radius 3 is 2.58 bits per heavy atom. The van der Waals surface area contributed by atoms with Crippen LogP contribution in [-0.2, 0) is 0 Å². The summed E-state index contributed by atoms with van der Waals surface area (Å²) >= 11 is 0. The lowest BCUT2D eigenvalue weighted by Crippen LogP contribution is -2.23. The zero-order valence-corrected chi connectivity index (χ0v) is 12.3. The molecule has 0 aliphatic carbocycles. The summed E-state index contributed by atoms with van der Waals surface area (Å²) in [5, 5.41) is 3.62. The van der Waals surface area contributed by atoms with Gasteiger partial charge < -0.3 is 9.73 Å². The summed E-state index contributed by atoms with van der Waals surface area (Å²) in [6.07, 6.45) is 2.99. The van der Waals surface area contributed by atoms with Gasteiger partial charge in [-0.2, -0.15) is 0 Å². The topological polar surface area (TPSA) is 25.2 Å². The van der Waals surface area contributed by atoms with Crippen molar-refractivity contribution in [3.63, 3.8) is 0 Å². The second-order valence-electron chi connectivity index (χ2n) is 5.24. The number of rotatable bonds is 5. The molecule has 2 aromatic rings. The van der Waals surface area contributed by atoms with Crippen LogP contribution in [0.5, 0.6) is 0 Å². The van der Waals surface area contributed by atoms with Crippen molar-refractivity contribution >= 4 is 0 Å². The third-order valence-electron chi connectivity index (χ3n) is 3.43. The van der Waals surface area contributed by atoms with Crippen LogP contribution in [0.25, 0.3) is 0 Å². The number of furan rings is 1. The van der Waals surface area contributed by atoms with E-state index in [1.54, 1.807) is 0 Å². The van der Waals surface area contributed by atoms with Crippen LogP contribution >= 0.6 is 0 Å². The van der Waals surface area contributed by atoms with Crippen LogP contribution in [-0.4, -0.2) is 6.54 Å². The summed E-state index contributed by atoms with van der Waals surface area (Å²) in [5.74, 6) is 0.962. The molecule has 0 aliphatic rings. The molecule has 19 heavy (non-hydrogen) atoms. The first kappa shape index (κ1) is 13.9. The molecule has 0 amide bonds. The quantitative estimate of drug-likeness (QED) is 0.864. The summed E-state index contributed by atoms with van der Waals surface area (Å²) in [4.78, 5) is 0. The monoisotopic (exact) mass is 257 g/mol. The predicted molar refractivity (Wildman–Crippen MR) is 79.5 cm³/mol. The molecule has 1 aromatic carbocycles. The fourth-order valence-corrected chi connectivity index (χ4v) is 2.38. The highest BCUT2D eigenvalue weighted by molar-refractivity contribution is 5.38. The van der Waals surface area contributed by atoms with Crippen molar-refractivity contribution in [3.05, 3.63) is 58.5 Å². The zero-order valence-electron chi connectivity index (χ0n) is 12.3. The van der Waals surface area contributed by atoms with E-state index < -0.39 is 0 Å². The van der Waals surface area contributed by atoms with Crippen LogP contribution < -0.4 is 5.32 Å². The second-order valence-corrected chi connectivity index (χ2v) is 5.24. The molecule has 1 heterocycles.